The molecule has 1 aliphatic heterocycles. The molecule has 0 bridgehead atoms. The maximum absolute atomic E-state index is 12.8. The molecule has 1 aromatic rings. The van der Waals surface area contributed by atoms with Gasteiger partial charge in [-0.15, -0.1) is 24.8 Å². The number of amides is 1. The Morgan fingerprint density at radius 2 is 1.70 bits per heavy atom. The van der Waals surface area contributed by atoms with Crippen molar-refractivity contribution in [2.75, 3.05) is 44.7 Å². The van der Waals surface area contributed by atoms with Crippen LogP contribution in [0.2, 0.25) is 0 Å². The van der Waals surface area contributed by atoms with Crippen LogP contribution < -0.4 is 15.4 Å². The van der Waals surface area contributed by atoms with Crippen LogP contribution in [-0.4, -0.2) is 50.6 Å². The summed E-state index contributed by atoms with van der Waals surface area (Å²) in [6.07, 6.45) is 6.55. The molecule has 1 aliphatic carbocycles. The number of hydrogen-bond acceptors (Lipinski definition) is 4. The van der Waals surface area contributed by atoms with Crippen molar-refractivity contribution >= 4 is 36.4 Å². The zero-order valence-electron chi connectivity index (χ0n) is 16.2. The van der Waals surface area contributed by atoms with E-state index in [1.165, 1.54) is 19.3 Å². The first-order valence-corrected chi connectivity index (χ1v) is 9.53. The molecule has 0 spiro atoms. The van der Waals surface area contributed by atoms with E-state index in [9.17, 15) is 4.79 Å². The third kappa shape index (κ3) is 5.66. The Morgan fingerprint density at radius 3 is 2.30 bits per heavy atom. The highest BCUT2D eigenvalue weighted by Gasteiger charge is 2.35. The Hall–Kier alpha value is -1.17. The Morgan fingerprint density at radius 1 is 1.07 bits per heavy atom. The number of carbonyl (C=O) groups is 1. The number of hydrogen-bond donors (Lipinski definition) is 1. The number of ether oxygens (including phenoxy) is 1. The fourth-order valence-electron chi connectivity index (χ4n) is 4.28. The summed E-state index contributed by atoms with van der Waals surface area (Å²) < 4.78 is 5.47. The van der Waals surface area contributed by atoms with Gasteiger partial charge in [-0.2, -0.15) is 0 Å². The Kier molecular flexibility index (Phi) is 9.71. The maximum atomic E-state index is 12.8. The number of para-hydroxylation sites is 2. The summed E-state index contributed by atoms with van der Waals surface area (Å²) in [5.74, 6) is 1.18. The zero-order valence-corrected chi connectivity index (χ0v) is 17.8. The second kappa shape index (κ2) is 11.0. The average molecular weight is 418 g/mol. The van der Waals surface area contributed by atoms with E-state index in [-0.39, 0.29) is 36.1 Å². The molecule has 0 atom stereocenters. The van der Waals surface area contributed by atoms with E-state index >= 15 is 0 Å². The molecule has 0 radical (unpaired) electrons. The first-order chi connectivity index (χ1) is 12.2. The predicted octanol–water partition coefficient (Wildman–Crippen LogP) is 3.49. The van der Waals surface area contributed by atoms with Gasteiger partial charge in [0.05, 0.1) is 12.8 Å². The first-order valence-electron chi connectivity index (χ1n) is 9.53. The van der Waals surface area contributed by atoms with Crippen molar-refractivity contribution in [3.8, 4) is 5.75 Å². The molecule has 1 amide bonds. The minimum absolute atomic E-state index is 0. The van der Waals surface area contributed by atoms with Gasteiger partial charge in [0, 0.05) is 32.6 Å². The molecule has 3 rings (SSSR count). The van der Waals surface area contributed by atoms with E-state index in [0.717, 1.165) is 50.5 Å². The molecule has 1 saturated carbocycles. The number of anilines is 1. The van der Waals surface area contributed by atoms with Gasteiger partial charge in [0.15, 0.2) is 0 Å². The summed E-state index contributed by atoms with van der Waals surface area (Å²) in [5.41, 5.74) is 7.22. The summed E-state index contributed by atoms with van der Waals surface area (Å²) in [7, 11) is 1.70. The first kappa shape index (κ1) is 23.9. The smallest absolute Gasteiger partial charge is 0.223 e. The topological polar surface area (TPSA) is 58.8 Å². The van der Waals surface area contributed by atoms with Gasteiger partial charge in [0.2, 0.25) is 5.91 Å². The molecule has 27 heavy (non-hydrogen) atoms. The lowest BCUT2D eigenvalue weighted by atomic mass is 9.71. The highest BCUT2D eigenvalue weighted by molar-refractivity contribution is 5.85. The molecule has 2 fully saturated rings. The number of nitrogens with two attached hydrogens (primary N) is 1. The van der Waals surface area contributed by atoms with E-state index in [2.05, 4.69) is 11.0 Å². The normalized spacial score (nSPS) is 18.9. The fourth-order valence-corrected chi connectivity index (χ4v) is 4.28. The van der Waals surface area contributed by atoms with Gasteiger partial charge in [-0.1, -0.05) is 31.4 Å². The van der Waals surface area contributed by atoms with Crippen molar-refractivity contribution in [2.45, 2.75) is 38.5 Å². The summed E-state index contributed by atoms with van der Waals surface area (Å²) in [5, 5.41) is 0. The number of piperazine rings is 1. The molecule has 2 N–H and O–H groups in total. The van der Waals surface area contributed by atoms with Crippen LogP contribution in [0, 0.1) is 5.41 Å². The minimum atomic E-state index is 0. The third-order valence-corrected chi connectivity index (χ3v) is 5.93. The molecule has 0 unspecified atom stereocenters. The molecule has 154 valence electrons. The van der Waals surface area contributed by atoms with Crippen LogP contribution in [0.25, 0.3) is 0 Å². The van der Waals surface area contributed by atoms with E-state index in [0.29, 0.717) is 13.0 Å². The predicted molar refractivity (Wildman–Crippen MR) is 115 cm³/mol. The summed E-state index contributed by atoms with van der Waals surface area (Å²) >= 11 is 0. The van der Waals surface area contributed by atoms with Crippen molar-refractivity contribution in [1.29, 1.82) is 0 Å². The minimum Gasteiger partial charge on any atom is -0.495 e. The molecule has 2 aliphatic rings. The Balaban J connectivity index is 0.00000182. The van der Waals surface area contributed by atoms with E-state index < -0.39 is 0 Å². The SMILES string of the molecule is COc1ccccc1N1CCN(C(=O)CC2(CN)CCCCC2)CC1.Cl.Cl. The molecular formula is C20H33Cl2N3O2. The van der Waals surface area contributed by atoms with Gasteiger partial charge < -0.3 is 20.3 Å². The van der Waals surface area contributed by atoms with Crippen molar-refractivity contribution in [1.82, 2.24) is 4.90 Å². The summed E-state index contributed by atoms with van der Waals surface area (Å²) in [4.78, 5) is 17.2. The van der Waals surface area contributed by atoms with E-state index in [4.69, 9.17) is 10.5 Å². The highest BCUT2D eigenvalue weighted by atomic mass is 35.5. The number of halogens is 2. The fraction of sp³-hybridized carbons (Fsp3) is 0.650. The molecule has 5 nitrogen and oxygen atoms in total. The lowest BCUT2D eigenvalue weighted by Crippen LogP contribution is -2.50. The van der Waals surface area contributed by atoms with Crippen LogP contribution >= 0.6 is 24.8 Å². The zero-order chi connectivity index (χ0) is 17.7. The number of methoxy groups -OCH3 is 1. The largest absolute Gasteiger partial charge is 0.495 e. The molecule has 7 heteroatoms. The number of benzene rings is 1. The third-order valence-electron chi connectivity index (χ3n) is 5.93. The highest BCUT2D eigenvalue weighted by Crippen LogP contribution is 2.39. The molecule has 1 heterocycles. The van der Waals surface area contributed by atoms with Gasteiger partial charge in [0.25, 0.3) is 0 Å². The lowest BCUT2D eigenvalue weighted by molar-refractivity contribution is -0.134. The summed E-state index contributed by atoms with van der Waals surface area (Å²) in [6.45, 7) is 3.89. The summed E-state index contributed by atoms with van der Waals surface area (Å²) in [6, 6.07) is 8.09. The van der Waals surface area contributed by atoms with Crippen LogP contribution in [0.5, 0.6) is 5.75 Å². The molecule has 1 aromatic carbocycles. The van der Waals surface area contributed by atoms with Crippen LogP contribution in [-0.2, 0) is 4.79 Å². The molecule has 0 aromatic heterocycles. The van der Waals surface area contributed by atoms with Gasteiger partial charge >= 0.3 is 0 Å². The quantitative estimate of drug-likeness (QED) is 0.796. The maximum Gasteiger partial charge on any atom is 0.223 e. The number of carbonyl (C=O) groups excluding carboxylic acids is 1. The Bertz CT molecular complexity index is 586. The van der Waals surface area contributed by atoms with Crippen molar-refractivity contribution in [3.63, 3.8) is 0 Å². The lowest BCUT2D eigenvalue weighted by Gasteiger charge is -2.40. The standard InChI is InChI=1S/C20H31N3O2.2ClH/c1-25-18-8-4-3-7-17(18)22-11-13-23(14-12-22)19(24)15-20(16-21)9-5-2-6-10-20;;/h3-4,7-8H,2,5-6,9-16,21H2,1H3;2*1H. The number of nitrogens with zero attached hydrogens (tertiary/aromatic N) is 2. The van der Waals surface area contributed by atoms with Crippen LogP contribution in [0.15, 0.2) is 24.3 Å². The monoisotopic (exact) mass is 417 g/mol. The van der Waals surface area contributed by atoms with E-state index in [1.807, 2.05) is 23.1 Å². The molecular weight excluding hydrogens is 385 g/mol. The average Bonchev–Trinajstić information content (AvgIpc) is 2.68. The Labute approximate surface area is 175 Å². The van der Waals surface area contributed by atoms with Gasteiger partial charge in [0.1, 0.15) is 5.75 Å². The molecule has 1 saturated heterocycles. The van der Waals surface area contributed by atoms with Gasteiger partial charge in [-0.05, 0) is 36.9 Å². The van der Waals surface area contributed by atoms with Crippen molar-refractivity contribution in [2.24, 2.45) is 11.1 Å². The van der Waals surface area contributed by atoms with Crippen molar-refractivity contribution in [3.05, 3.63) is 24.3 Å². The van der Waals surface area contributed by atoms with Crippen LogP contribution in [0.1, 0.15) is 38.5 Å². The van der Waals surface area contributed by atoms with E-state index in [1.54, 1.807) is 7.11 Å². The van der Waals surface area contributed by atoms with Gasteiger partial charge in [-0.3, -0.25) is 4.79 Å². The second-order valence-electron chi connectivity index (χ2n) is 7.48. The van der Waals surface area contributed by atoms with Gasteiger partial charge in [-0.25, -0.2) is 0 Å². The van der Waals surface area contributed by atoms with Crippen LogP contribution in [0.3, 0.4) is 0 Å². The number of rotatable bonds is 5. The second-order valence-corrected chi connectivity index (χ2v) is 7.48. The van der Waals surface area contributed by atoms with Crippen LogP contribution in [0.4, 0.5) is 5.69 Å². The van der Waals surface area contributed by atoms with Crippen molar-refractivity contribution < 1.29 is 9.53 Å².